The summed E-state index contributed by atoms with van der Waals surface area (Å²) in [4.78, 5) is 22.3. The molecule has 1 aromatic carbocycles. The Balaban J connectivity index is 0.00000400. The van der Waals surface area contributed by atoms with Crippen molar-refractivity contribution in [3.05, 3.63) is 29.3 Å². The molecular weight excluding hydrogens is 317 g/mol. The molecule has 0 aliphatic rings. The van der Waals surface area contributed by atoms with Gasteiger partial charge in [0.15, 0.2) is 0 Å². The molecule has 0 radical (unpaired) electrons. The summed E-state index contributed by atoms with van der Waals surface area (Å²) in [5.41, 5.74) is 5.10. The van der Waals surface area contributed by atoms with Gasteiger partial charge in [0, 0.05) is 5.02 Å². The minimum Gasteiger partial charge on any atom is -0.489 e. The van der Waals surface area contributed by atoms with E-state index in [9.17, 15) is 9.59 Å². The lowest BCUT2D eigenvalue weighted by Crippen LogP contribution is -2.42. The van der Waals surface area contributed by atoms with Crippen molar-refractivity contribution in [3.8, 4) is 5.75 Å². The van der Waals surface area contributed by atoms with Gasteiger partial charge in [-0.05, 0) is 25.1 Å². The van der Waals surface area contributed by atoms with Gasteiger partial charge in [-0.3, -0.25) is 9.59 Å². The maximum atomic E-state index is 11.4. The molecule has 0 aromatic heterocycles. The molecule has 4 N–H and O–H groups in total. The number of benzene rings is 1. The monoisotopic (exact) mass is 335 g/mol. The quantitative estimate of drug-likeness (QED) is 0.684. The fraction of sp³-hybridized carbons (Fsp3) is 0.385. The summed E-state index contributed by atoms with van der Waals surface area (Å²) >= 11 is 5.84. The Kier molecular flexibility index (Phi) is 9.53. The molecule has 21 heavy (non-hydrogen) atoms. The predicted octanol–water partition coefficient (Wildman–Crippen LogP) is 0.720. The summed E-state index contributed by atoms with van der Waals surface area (Å²) in [6, 6.07) is 7.01. The van der Waals surface area contributed by atoms with Crippen molar-refractivity contribution >= 4 is 35.8 Å². The molecule has 0 spiro atoms. The van der Waals surface area contributed by atoms with Gasteiger partial charge >= 0.3 is 0 Å². The van der Waals surface area contributed by atoms with Crippen LogP contribution in [0.5, 0.6) is 5.75 Å². The lowest BCUT2D eigenvalue weighted by atomic mass is 10.3. The highest BCUT2D eigenvalue weighted by Crippen LogP contribution is 2.18. The van der Waals surface area contributed by atoms with Crippen LogP contribution in [0.3, 0.4) is 0 Å². The van der Waals surface area contributed by atoms with Crippen molar-refractivity contribution in [3.63, 3.8) is 0 Å². The average molecular weight is 336 g/mol. The number of carbonyl (C=O) groups excluding carboxylic acids is 2. The lowest BCUT2D eigenvalue weighted by Gasteiger charge is -2.15. The van der Waals surface area contributed by atoms with Crippen LogP contribution in [0.4, 0.5) is 0 Å². The smallest absolute Gasteiger partial charge is 0.239 e. The Labute approximate surface area is 134 Å². The second kappa shape index (κ2) is 10.3. The van der Waals surface area contributed by atoms with Gasteiger partial charge in [-0.15, -0.1) is 12.4 Å². The minimum absolute atomic E-state index is 0. The molecule has 2 amide bonds. The first kappa shape index (κ1) is 19.5. The Bertz CT molecular complexity index is 472. The Hall–Kier alpha value is -1.50. The maximum Gasteiger partial charge on any atom is 0.239 e. The number of amides is 2. The molecule has 1 aromatic rings. The molecule has 0 bridgehead atoms. The zero-order valence-electron chi connectivity index (χ0n) is 11.6. The Morgan fingerprint density at radius 1 is 1.33 bits per heavy atom. The van der Waals surface area contributed by atoms with E-state index in [1.807, 2.05) is 6.92 Å². The summed E-state index contributed by atoms with van der Waals surface area (Å²) in [6.45, 7) is 1.91. The van der Waals surface area contributed by atoms with Gasteiger partial charge < -0.3 is 21.1 Å². The lowest BCUT2D eigenvalue weighted by molar-refractivity contribution is -0.125. The van der Waals surface area contributed by atoms with Crippen molar-refractivity contribution in [1.82, 2.24) is 10.6 Å². The van der Waals surface area contributed by atoms with E-state index in [1.165, 1.54) is 0 Å². The maximum absolute atomic E-state index is 11.4. The molecule has 1 rings (SSSR count). The van der Waals surface area contributed by atoms with Crippen molar-refractivity contribution in [2.75, 3.05) is 19.6 Å². The third-order valence-electron chi connectivity index (χ3n) is 2.35. The summed E-state index contributed by atoms with van der Waals surface area (Å²) < 4.78 is 5.59. The second-order valence-corrected chi connectivity index (χ2v) is 4.61. The van der Waals surface area contributed by atoms with Gasteiger partial charge in [0.25, 0.3) is 0 Å². The van der Waals surface area contributed by atoms with Crippen molar-refractivity contribution < 1.29 is 14.3 Å². The van der Waals surface area contributed by atoms with Gasteiger partial charge in [-0.25, -0.2) is 0 Å². The van der Waals surface area contributed by atoms with Crippen LogP contribution in [0.15, 0.2) is 24.3 Å². The molecule has 0 aliphatic heterocycles. The average Bonchev–Trinajstić information content (AvgIpc) is 2.42. The number of hydrogen-bond donors (Lipinski definition) is 3. The highest BCUT2D eigenvalue weighted by Gasteiger charge is 2.08. The Morgan fingerprint density at radius 3 is 2.67 bits per heavy atom. The molecule has 0 saturated heterocycles. The highest BCUT2D eigenvalue weighted by atomic mass is 35.5. The van der Waals surface area contributed by atoms with Gasteiger partial charge in [-0.1, -0.05) is 17.7 Å². The standard InChI is InChI=1S/C13H18ClN3O3.ClH/c1-9(20-11-4-2-3-10(14)5-11)7-16-13(19)8-17-12(18)6-15;/h2-5,9H,6-8,15H2,1H3,(H,16,19)(H,17,18);1H. The van der Waals surface area contributed by atoms with Crippen LogP contribution >= 0.6 is 24.0 Å². The first-order chi connectivity index (χ1) is 9.51. The molecule has 0 fully saturated rings. The third kappa shape index (κ3) is 8.39. The predicted molar refractivity (Wildman–Crippen MR) is 83.9 cm³/mol. The van der Waals surface area contributed by atoms with Gasteiger partial charge in [-0.2, -0.15) is 0 Å². The van der Waals surface area contributed by atoms with Crippen LogP contribution in [-0.2, 0) is 9.59 Å². The second-order valence-electron chi connectivity index (χ2n) is 4.17. The number of nitrogens with one attached hydrogen (secondary N) is 2. The van der Waals surface area contributed by atoms with Crippen LogP contribution in [0.25, 0.3) is 0 Å². The van der Waals surface area contributed by atoms with E-state index in [0.29, 0.717) is 17.3 Å². The molecular formula is C13H19Cl2N3O3. The van der Waals surface area contributed by atoms with Crippen LogP contribution in [0.1, 0.15) is 6.92 Å². The highest BCUT2D eigenvalue weighted by molar-refractivity contribution is 6.30. The van der Waals surface area contributed by atoms with Gasteiger partial charge in [0.1, 0.15) is 11.9 Å². The molecule has 0 aliphatic carbocycles. The number of halogens is 2. The van der Waals surface area contributed by atoms with Crippen LogP contribution in [0, 0.1) is 0 Å². The van der Waals surface area contributed by atoms with E-state index in [4.69, 9.17) is 22.1 Å². The van der Waals surface area contributed by atoms with E-state index in [0.717, 1.165) is 0 Å². The van der Waals surface area contributed by atoms with Crippen molar-refractivity contribution in [1.29, 1.82) is 0 Å². The molecule has 8 heteroatoms. The zero-order valence-corrected chi connectivity index (χ0v) is 13.2. The number of hydrogen-bond acceptors (Lipinski definition) is 4. The number of ether oxygens (including phenoxy) is 1. The number of carbonyl (C=O) groups is 2. The first-order valence-corrected chi connectivity index (χ1v) is 6.54. The molecule has 118 valence electrons. The van der Waals surface area contributed by atoms with Crippen LogP contribution in [-0.4, -0.2) is 37.6 Å². The van der Waals surface area contributed by atoms with E-state index < -0.39 is 0 Å². The zero-order chi connectivity index (χ0) is 15.0. The van der Waals surface area contributed by atoms with E-state index in [2.05, 4.69) is 10.6 Å². The van der Waals surface area contributed by atoms with Crippen molar-refractivity contribution in [2.24, 2.45) is 5.73 Å². The van der Waals surface area contributed by atoms with Crippen LogP contribution < -0.4 is 21.1 Å². The molecule has 0 saturated carbocycles. The number of rotatable bonds is 7. The van der Waals surface area contributed by atoms with E-state index in [-0.39, 0.29) is 43.4 Å². The molecule has 6 nitrogen and oxygen atoms in total. The van der Waals surface area contributed by atoms with E-state index >= 15 is 0 Å². The van der Waals surface area contributed by atoms with Gasteiger partial charge in [0.05, 0.1) is 19.6 Å². The SMILES string of the molecule is CC(CNC(=O)CNC(=O)CN)Oc1cccc(Cl)c1.Cl. The van der Waals surface area contributed by atoms with Crippen LogP contribution in [0.2, 0.25) is 5.02 Å². The van der Waals surface area contributed by atoms with Gasteiger partial charge in [0.2, 0.25) is 11.8 Å². The largest absolute Gasteiger partial charge is 0.489 e. The minimum atomic E-state index is -0.372. The summed E-state index contributed by atoms with van der Waals surface area (Å²) in [5, 5.41) is 5.61. The van der Waals surface area contributed by atoms with E-state index in [1.54, 1.807) is 24.3 Å². The molecule has 1 unspecified atom stereocenters. The Morgan fingerprint density at radius 2 is 2.05 bits per heavy atom. The topological polar surface area (TPSA) is 93.5 Å². The fourth-order valence-electron chi connectivity index (χ4n) is 1.39. The summed E-state index contributed by atoms with van der Waals surface area (Å²) in [7, 11) is 0. The summed E-state index contributed by atoms with van der Waals surface area (Å²) in [6.07, 6.45) is -0.220. The number of nitrogens with two attached hydrogens (primary N) is 1. The molecule has 0 heterocycles. The van der Waals surface area contributed by atoms with Crippen molar-refractivity contribution in [2.45, 2.75) is 13.0 Å². The molecule has 1 atom stereocenters. The third-order valence-corrected chi connectivity index (χ3v) is 2.59. The normalized spacial score (nSPS) is 11.0. The first-order valence-electron chi connectivity index (χ1n) is 6.17. The fourth-order valence-corrected chi connectivity index (χ4v) is 1.57. The summed E-state index contributed by atoms with van der Waals surface area (Å²) in [5.74, 6) is -0.0348.